The van der Waals surface area contributed by atoms with Crippen LogP contribution in [0.2, 0.25) is 0 Å². The summed E-state index contributed by atoms with van der Waals surface area (Å²) in [5.74, 6) is 0.00447. The molecule has 380 valence electrons. The lowest BCUT2D eigenvalue weighted by molar-refractivity contribution is -0.167. The summed E-state index contributed by atoms with van der Waals surface area (Å²) < 4.78 is 16.9. The smallest absolute Gasteiger partial charge is 0.306 e. The monoisotopic (exact) mass is 905 g/mol. The summed E-state index contributed by atoms with van der Waals surface area (Å²) in [5, 5.41) is 0. The van der Waals surface area contributed by atoms with Gasteiger partial charge in [-0.3, -0.25) is 14.4 Å². The van der Waals surface area contributed by atoms with Crippen molar-refractivity contribution in [1.29, 1.82) is 0 Å². The predicted octanol–water partition coefficient (Wildman–Crippen LogP) is 19.0. The van der Waals surface area contributed by atoms with Crippen molar-refractivity contribution in [2.24, 2.45) is 5.92 Å². The maximum atomic E-state index is 12.8. The van der Waals surface area contributed by atoms with Gasteiger partial charge in [-0.2, -0.15) is 0 Å². The highest BCUT2D eigenvalue weighted by atomic mass is 16.6. The fourth-order valence-electron chi connectivity index (χ4n) is 8.92. The molecule has 0 heterocycles. The molecule has 6 nitrogen and oxygen atoms in total. The van der Waals surface area contributed by atoms with Gasteiger partial charge in [0.2, 0.25) is 0 Å². The molecule has 0 aliphatic rings. The minimum Gasteiger partial charge on any atom is -0.462 e. The van der Waals surface area contributed by atoms with Gasteiger partial charge in [-0.05, 0) is 25.2 Å². The summed E-state index contributed by atoms with van der Waals surface area (Å²) in [4.78, 5) is 38.1. The quantitative estimate of drug-likeness (QED) is 0.0344. The van der Waals surface area contributed by atoms with Crippen LogP contribution in [-0.2, 0) is 28.6 Å². The minimum absolute atomic E-state index is 0.0618. The van der Waals surface area contributed by atoms with Crippen molar-refractivity contribution in [2.45, 2.75) is 336 Å². The molecule has 1 atom stereocenters. The molecule has 0 aromatic rings. The first kappa shape index (κ1) is 62.4. The molecule has 6 heteroatoms. The normalized spacial score (nSPS) is 12.0. The molecular weight excluding hydrogens is 793 g/mol. The van der Waals surface area contributed by atoms with E-state index in [9.17, 15) is 14.4 Å². The average Bonchev–Trinajstić information content (AvgIpc) is 3.28. The fourth-order valence-corrected chi connectivity index (χ4v) is 8.92. The van der Waals surface area contributed by atoms with E-state index in [1.54, 1.807) is 0 Å². The largest absolute Gasteiger partial charge is 0.462 e. The average molecular weight is 906 g/mol. The summed E-state index contributed by atoms with van der Waals surface area (Å²) in [6.45, 7) is 9.06. The van der Waals surface area contributed by atoms with Crippen molar-refractivity contribution in [3.8, 4) is 0 Å². The van der Waals surface area contributed by atoms with Gasteiger partial charge >= 0.3 is 17.9 Å². The Morgan fingerprint density at radius 1 is 0.297 bits per heavy atom. The molecule has 0 aliphatic carbocycles. The topological polar surface area (TPSA) is 78.9 Å². The highest BCUT2D eigenvalue weighted by molar-refractivity contribution is 5.71. The number of ether oxygens (including phenoxy) is 3. The molecule has 0 saturated carbocycles. The minimum atomic E-state index is -0.761. The Hall–Kier alpha value is -1.59. The molecule has 0 aliphatic heterocycles. The van der Waals surface area contributed by atoms with Gasteiger partial charge in [0, 0.05) is 19.3 Å². The second-order valence-corrected chi connectivity index (χ2v) is 20.4. The molecule has 0 bridgehead atoms. The highest BCUT2D eigenvalue weighted by Gasteiger charge is 2.19. The van der Waals surface area contributed by atoms with E-state index < -0.39 is 6.10 Å². The van der Waals surface area contributed by atoms with E-state index >= 15 is 0 Å². The number of carbonyl (C=O) groups excluding carboxylic acids is 3. The Balaban J connectivity index is 4.28. The Morgan fingerprint density at radius 2 is 0.516 bits per heavy atom. The first-order valence-electron chi connectivity index (χ1n) is 28.9. The van der Waals surface area contributed by atoms with E-state index in [0.29, 0.717) is 19.3 Å². The third kappa shape index (κ3) is 51.4. The number of rotatable bonds is 53. The standard InChI is InChI=1S/C58H112O6/c1-5-7-9-11-13-15-17-19-20-21-22-26-29-33-37-41-45-49-56(59)62-52-55(64-58(61)51-47-43-39-35-31-24-18-16-14-12-10-8-6-2)53-63-57(60)50-46-42-38-34-30-27-23-25-28-32-36-40-44-48-54(3)4/h54-55H,5-53H2,1-4H3/t55-/m1/s1. The Labute approximate surface area is 399 Å². The van der Waals surface area contributed by atoms with Gasteiger partial charge < -0.3 is 14.2 Å². The van der Waals surface area contributed by atoms with Gasteiger partial charge in [0.1, 0.15) is 13.2 Å². The van der Waals surface area contributed by atoms with Crippen LogP contribution in [0.5, 0.6) is 0 Å². The Kier molecular flexibility index (Phi) is 51.1. The lowest BCUT2D eigenvalue weighted by Crippen LogP contribution is -2.30. The third-order valence-corrected chi connectivity index (χ3v) is 13.3. The van der Waals surface area contributed by atoms with E-state index in [-0.39, 0.29) is 31.1 Å². The van der Waals surface area contributed by atoms with Gasteiger partial charge in [-0.1, -0.05) is 291 Å². The molecule has 0 aromatic carbocycles. The maximum absolute atomic E-state index is 12.8. The van der Waals surface area contributed by atoms with E-state index in [4.69, 9.17) is 14.2 Å². The molecule has 0 radical (unpaired) electrons. The van der Waals surface area contributed by atoms with Crippen LogP contribution in [0.3, 0.4) is 0 Å². The van der Waals surface area contributed by atoms with Crippen LogP contribution in [0.1, 0.15) is 329 Å². The van der Waals surface area contributed by atoms with Crippen LogP contribution < -0.4 is 0 Å². The van der Waals surface area contributed by atoms with Crippen molar-refractivity contribution >= 4 is 17.9 Å². The molecule has 0 unspecified atom stereocenters. The summed E-state index contributed by atoms with van der Waals surface area (Å²) in [6, 6.07) is 0. The van der Waals surface area contributed by atoms with Crippen LogP contribution in [0.4, 0.5) is 0 Å². The van der Waals surface area contributed by atoms with E-state index in [0.717, 1.165) is 63.7 Å². The van der Waals surface area contributed by atoms with Gasteiger partial charge in [0.05, 0.1) is 0 Å². The molecule has 0 rings (SSSR count). The summed E-state index contributed by atoms with van der Waals surface area (Å²) >= 11 is 0. The fraction of sp³-hybridized carbons (Fsp3) is 0.948. The van der Waals surface area contributed by atoms with Gasteiger partial charge in [0.15, 0.2) is 6.10 Å². The molecule has 0 aromatic heterocycles. The second kappa shape index (κ2) is 52.4. The molecule has 0 N–H and O–H groups in total. The van der Waals surface area contributed by atoms with Crippen LogP contribution in [-0.4, -0.2) is 37.2 Å². The van der Waals surface area contributed by atoms with Crippen LogP contribution >= 0.6 is 0 Å². The first-order valence-corrected chi connectivity index (χ1v) is 28.9. The lowest BCUT2D eigenvalue weighted by Gasteiger charge is -2.18. The van der Waals surface area contributed by atoms with Crippen LogP contribution in [0, 0.1) is 5.92 Å². The van der Waals surface area contributed by atoms with Crippen molar-refractivity contribution in [3.05, 3.63) is 0 Å². The first-order chi connectivity index (χ1) is 31.4. The van der Waals surface area contributed by atoms with E-state index in [1.165, 1.54) is 225 Å². The molecule has 0 saturated heterocycles. The van der Waals surface area contributed by atoms with Gasteiger partial charge in [0.25, 0.3) is 0 Å². The Morgan fingerprint density at radius 3 is 0.766 bits per heavy atom. The van der Waals surface area contributed by atoms with Gasteiger partial charge in [-0.25, -0.2) is 0 Å². The van der Waals surface area contributed by atoms with E-state index in [1.807, 2.05) is 0 Å². The molecule has 0 amide bonds. The number of esters is 3. The summed E-state index contributed by atoms with van der Waals surface area (Å²) in [5.41, 5.74) is 0. The molecular formula is C58H112O6. The van der Waals surface area contributed by atoms with Gasteiger partial charge in [-0.15, -0.1) is 0 Å². The van der Waals surface area contributed by atoms with E-state index in [2.05, 4.69) is 27.7 Å². The number of hydrogen-bond donors (Lipinski definition) is 0. The SMILES string of the molecule is CCCCCCCCCCCCCCCCCCCC(=O)OC[C@H](COC(=O)CCCCCCCCCCCCCCCC(C)C)OC(=O)CCCCCCCCCCCCCCC. The molecule has 0 spiro atoms. The van der Waals surface area contributed by atoms with Crippen molar-refractivity contribution in [1.82, 2.24) is 0 Å². The summed E-state index contributed by atoms with van der Waals surface area (Å²) in [6.07, 6.45) is 56.6. The van der Waals surface area contributed by atoms with Crippen molar-refractivity contribution in [2.75, 3.05) is 13.2 Å². The predicted molar refractivity (Wildman–Crippen MR) is 275 cm³/mol. The molecule has 0 fully saturated rings. The number of hydrogen-bond acceptors (Lipinski definition) is 6. The number of carbonyl (C=O) groups is 3. The van der Waals surface area contributed by atoms with Crippen LogP contribution in [0.15, 0.2) is 0 Å². The van der Waals surface area contributed by atoms with Crippen molar-refractivity contribution in [3.63, 3.8) is 0 Å². The summed E-state index contributed by atoms with van der Waals surface area (Å²) in [7, 11) is 0. The Bertz CT molecular complexity index is 964. The maximum Gasteiger partial charge on any atom is 0.306 e. The third-order valence-electron chi connectivity index (χ3n) is 13.3. The molecule has 64 heavy (non-hydrogen) atoms. The van der Waals surface area contributed by atoms with Crippen LogP contribution in [0.25, 0.3) is 0 Å². The van der Waals surface area contributed by atoms with Crippen molar-refractivity contribution < 1.29 is 28.6 Å². The number of unbranched alkanes of at least 4 members (excludes halogenated alkanes) is 40. The zero-order valence-corrected chi connectivity index (χ0v) is 43.8. The lowest BCUT2D eigenvalue weighted by atomic mass is 10.0. The zero-order valence-electron chi connectivity index (χ0n) is 43.8. The zero-order chi connectivity index (χ0) is 46.7. The second-order valence-electron chi connectivity index (χ2n) is 20.4. The highest BCUT2D eigenvalue weighted by Crippen LogP contribution is 2.18.